The molecule has 0 bridgehead atoms. The van der Waals surface area contributed by atoms with E-state index in [1.165, 1.54) is 12.5 Å². The Morgan fingerprint density at radius 2 is 1.94 bits per heavy atom. The molecule has 1 nitrogen and oxygen atoms in total. The van der Waals surface area contributed by atoms with E-state index in [4.69, 9.17) is 0 Å². The maximum Gasteiger partial charge on any atom is 0.191 e. The Morgan fingerprint density at radius 3 is 2.78 bits per heavy atom. The number of Topliss-reactive ketones (excluding diaryl/α,β-unsaturated/α-hetero) is 1. The van der Waals surface area contributed by atoms with Crippen molar-refractivity contribution >= 4 is 21.7 Å². The van der Waals surface area contributed by atoms with Crippen molar-refractivity contribution in [3.63, 3.8) is 0 Å². The second-order valence-electron chi connectivity index (χ2n) is 4.64. The Kier molecular flexibility index (Phi) is 4.70. The van der Waals surface area contributed by atoms with E-state index in [0.717, 1.165) is 42.1 Å². The van der Waals surface area contributed by atoms with E-state index in [-0.39, 0.29) is 11.3 Å². The van der Waals surface area contributed by atoms with Gasteiger partial charge in [-0.15, -0.1) is 0 Å². The Morgan fingerprint density at radius 1 is 1.17 bits per heavy atom. The van der Waals surface area contributed by atoms with Crippen LogP contribution in [0.3, 0.4) is 0 Å². The van der Waals surface area contributed by atoms with Gasteiger partial charge in [0.2, 0.25) is 0 Å². The Balaban J connectivity index is 2.26. The van der Waals surface area contributed by atoms with Crippen LogP contribution in [-0.2, 0) is 0 Å². The molecule has 0 saturated carbocycles. The standard InChI is InChI=1S/C15H16BrFO/c16-12-8-9-14(17)13(10-12)15(18)11-6-4-2-1-3-5-7-11/h6,8-10H,1-5,7H2/b11-6+. The Bertz CT molecular complexity index is 479. The summed E-state index contributed by atoms with van der Waals surface area (Å²) in [6, 6.07) is 4.51. The average molecular weight is 311 g/mol. The molecule has 1 aliphatic rings. The normalized spacial score (nSPS) is 19.6. The van der Waals surface area contributed by atoms with E-state index >= 15 is 0 Å². The van der Waals surface area contributed by atoms with E-state index in [1.807, 2.05) is 6.08 Å². The molecule has 1 aliphatic carbocycles. The largest absolute Gasteiger partial charge is 0.289 e. The molecule has 2 rings (SSSR count). The lowest BCUT2D eigenvalue weighted by molar-refractivity contribution is 0.102. The van der Waals surface area contributed by atoms with Gasteiger partial charge < -0.3 is 0 Å². The molecule has 0 saturated heterocycles. The molecular formula is C15H16BrFO. The van der Waals surface area contributed by atoms with Crippen molar-refractivity contribution in [2.75, 3.05) is 0 Å². The second kappa shape index (κ2) is 6.28. The van der Waals surface area contributed by atoms with Crippen LogP contribution in [-0.4, -0.2) is 5.78 Å². The van der Waals surface area contributed by atoms with Crippen molar-refractivity contribution in [3.05, 3.63) is 45.7 Å². The van der Waals surface area contributed by atoms with E-state index < -0.39 is 5.82 Å². The van der Waals surface area contributed by atoms with Crippen molar-refractivity contribution in [1.29, 1.82) is 0 Å². The highest BCUT2D eigenvalue weighted by Gasteiger charge is 2.17. The molecule has 0 aliphatic heterocycles. The molecule has 0 aromatic heterocycles. The number of benzene rings is 1. The molecule has 1 aromatic rings. The highest BCUT2D eigenvalue weighted by molar-refractivity contribution is 9.10. The summed E-state index contributed by atoms with van der Waals surface area (Å²) in [5, 5.41) is 0. The molecule has 0 atom stereocenters. The summed E-state index contributed by atoms with van der Waals surface area (Å²) in [7, 11) is 0. The van der Waals surface area contributed by atoms with Crippen molar-refractivity contribution in [3.8, 4) is 0 Å². The molecule has 0 fully saturated rings. The SMILES string of the molecule is O=C(/C1=C/CCCCCC1)c1cc(Br)ccc1F. The summed E-state index contributed by atoms with van der Waals surface area (Å²) in [5.74, 6) is -0.596. The quantitative estimate of drug-likeness (QED) is 0.698. The molecule has 0 amide bonds. The number of allylic oxidation sites excluding steroid dienone is 2. The summed E-state index contributed by atoms with van der Waals surface area (Å²) in [6.45, 7) is 0. The molecule has 0 N–H and O–H groups in total. The number of carbonyl (C=O) groups is 1. The summed E-state index contributed by atoms with van der Waals surface area (Å²) in [6.07, 6.45) is 8.21. The first-order valence-corrected chi connectivity index (χ1v) is 7.16. The first-order valence-electron chi connectivity index (χ1n) is 6.37. The Hall–Kier alpha value is -0.960. The van der Waals surface area contributed by atoms with Crippen molar-refractivity contribution < 1.29 is 9.18 Å². The minimum atomic E-state index is -0.439. The lowest BCUT2D eigenvalue weighted by Gasteiger charge is -2.11. The summed E-state index contributed by atoms with van der Waals surface area (Å²) in [4.78, 5) is 12.3. The highest BCUT2D eigenvalue weighted by atomic mass is 79.9. The van der Waals surface area contributed by atoms with Crippen LogP contribution in [0.15, 0.2) is 34.3 Å². The lowest BCUT2D eigenvalue weighted by Crippen LogP contribution is -2.07. The van der Waals surface area contributed by atoms with Crippen LogP contribution in [0.5, 0.6) is 0 Å². The third kappa shape index (κ3) is 3.29. The zero-order valence-electron chi connectivity index (χ0n) is 10.2. The monoisotopic (exact) mass is 310 g/mol. The van der Waals surface area contributed by atoms with E-state index in [2.05, 4.69) is 15.9 Å². The third-order valence-electron chi connectivity index (χ3n) is 3.26. The number of rotatable bonds is 2. The van der Waals surface area contributed by atoms with Gasteiger partial charge in [-0.25, -0.2) is 4.39 Å². The van der Waals surface area contributed by atoms with Gasteiger partial charge in [-0.2, -0.15) is 0 Å². The van der Waals surface area contributed by atoms with Gasteiger partial charge >= 0.3 is 0 Å². The maximum atomic E-state index is 13.7. The molecule has 0 spiro atoms. The fourth-order valence-electron chi connectivity index (χ4n) is 2.24. The third-order valence-corrected chi connectivity index (χ3v) is 3.75. The summed E-state index contributed by atoms with van der Waals surface area (Å²) in [5.41, 5.74) is 0.947. The zero-order valence-corrected chi connectivity index (χ0v) is 11.8. The number of hydrogen-bond donors (Lipinski definition) is 0. The fourth-order valence-corrected chi connectivity index (χ4v) is 2.60. The van der Waals surface area contributed by atoms with Crippen LogP contribution >= 0.6 is 15.9 Å². The zero-order chi connectivity index (χ0) is 13.0. The van der Waals surface area contributed by atoms with Crippen LogP contribution in [0.1, 0.15) is 48.9 Å². The van der Waals surface area contributed by atoms with Gasteiger partial charge in [-0.05, 0) is 49.5 Å². The topological polar surface area (TPSA) is 17.1 Å². The van der Waals surface area contributed by atoms with Crippen molar-refractivity contribution in [2.24, 2.45) is 0 Å². The van der Waals surface area contributed by atoms with Crippen LogP contribution in [0, 0.1) is 5.82 Å². The van der Waals surface area contributed by atoms with Crippen LogP contribution < -0.4 is 0 Å². The van der Waals surface area contributed by atoms with E-state index in [0.29, 0.717) is 0 Å². The minimum absolute atomic E-state index is 0.157. The van der Waals surface area contributed by atoms with Gasteiger partial charge in [0.15, 0.2) is 5.78 Å². The number of hydrogen-bond acceptors (Lipinski definition) is 1. The van der Waals surface area contributed by atoms with Crippen LogP contribution in [0.4, 0.5) is 4.39 Å². The van der Waals surface area contributed by atoms with Gasteiger partial charge in [0.25, 0.3) is 0 Å². The van der Waals surface area contributed by atoms with Gasteiger partial charge in [0.05, 0.1) is 5.56 Å². The first kappa shape index (κ1) is 13.5. The first-order chi connectivity index (χ1) is 8.68. The summed E-state index contributed by atoms with van der Waals surface area (Å²) >= 11 is 3.28. The number of ketones is 1. The summed E-state index contributed by atoms with van der Waals surface area (Å²) < 4.78 is 14.4. The van der Waals surface area contributed by atoms with Crippen LogP contribution in [0.25, 0.3) is 0 Å². The predicted molar refractivity (Wildman–Crippen MR) is 74.2 cm³/mol. The smallest absolute Gasteiger partial charge is 0.191 e. The van der Waals surface area contributed by atoms with Crippen molar-refractivity contribution in [2.45, 2.75) is 38.5 Å². The number of halogens is 2. The van der Waals surface area contributed by atoms with Gasteiger partial charge in [-0.1, -0.05) is 34.8 Å². The molecule has 0 radical (unpaired) electrons. The highest BCUT2D eigenvalue weighted by Crippen LogP contribution is 2.23. The maximum absolute atomic E-state index is 13.7. The Labute approximate surface area is 115 Å². The average Bonchev–Trinajstić information content (AvgIpc) is 2.31. The minimum Gasteiger partial charge on any atom is -0.289 e. The molecule has 1 aromatic carbocycles. The van der Waals surface area contributed by atoms with Crippen molar-refractivity contribution in [1.82, 2.24) is 0 Å². The van der Waals surface area contributed by atoms with E-state index in [1.54, 1.807) is 12.1 Å². The van der Waals surface area contributed by atoms with Gasteiger partial charge in [0, 0.05) is 4.47 Å². The molecule has 0 unspecified atom stereocenters. The van der Waals surface area contributed by atoms with E-state index in [9.17, 15) is 9.18 Å². The lowest BCUT2D eigenvalue weighted by atomic mass is 9.94. The van der Waals surface area contributed by atoms with Gasteiger partial charge in [0.1, 0.15) is 5.82 Å². The van der Waals surface area contributed by atoms with Crippen LogP contribution in [0.2, 0.25) is 0 Å². The number of carbonyl (C=O) groups excluding carboxylic acids is 1. The molecule has 3 heteroatoms. The molecule has 18 heavy (non-hydrogen) atoms. The molecular weight excluding hydrogens is 295 g/mol. The molecule has 96 valence electrons. The fraction of sp³-hybridized carbons (Fsp3) is 0.400. The second-order valence-corrected chi connectivity index (χ2v) is 5.55. The predicted octanol–water partition coefficient (Wildman–Crippen LogP) is 5.05. The molecule has 0 heterocycles. The van der Waals surface area contributed by atoms with Gasteiger partial charge in [-0.3, -0.25) is 4.79 Å².